The first kappa shape index (κ1) is 21.5. The van der Waals surface area contributed by atoms with Gasteiger partial charge in [-0.15, -0.1) is 11.3 Å². The van der Waals surface area contributed by atoms with Crippen molar-refractivity contribution >= 4 is 33.4 Å². The molecule has 0 unspecified atom stereocenters. The zero-order valence-corrected chi connectivity index (χ0v) is 18.4. The van der Waals surface area contributed by atoms with E-state index in [1.165, 1.54) is 4.88 Å². The van der Waals surface area contributed by atoms with E-state index >= 15 is 0 Å². The number of nitrogens with one attached hydrogen (secondary N) is 1. The lowest BCUT2D eigenvalue weighted by molar-refractivity contribution is -0.153. The highest BCUT2D eigenvalue weighted by Gasteiger charge is 2.22. The van der Waals surface area contributed by atoms with Gasteiger partial charge in [-0.2, -0.15) is 0 Å². The minimum absolute atomic E-state index is 0.0406. The Kier molecular flexibility index (Phi) is 6.72. The van der Waals surface area contributed by atoms with Crippen molar-refractivity contribution < 1.29 is 14.3 Å². The van der Waals surface area contributed by atoms with Crippen LogP contribution in [0.3, 0.4) is 0 Å². The number of hydrogen-bond donors (Lipinski definition) is 1. The molecule has 29 heavy (non-hydrogen) atoms. The van der Waals surface area contributed by atoms with Crippen molar-refractivity contribution in [2.24, 2.45) is 0 Å². The van der Waals surface area contributed by atoms with Crippen LogP contribution in [0.4, 0.5) is 0 Å². The molecule has 0 fully saturated rings. The lowest BCUT2D eigenvalue weighted by atomic mass is 9.97. The van der Waals surface area contributed by atoms with E-state index in [1.807, 2.05) is 27.7 Å². The fourth-order valence-electron chi connectivity index (χ4n) is 4.01. The number of esters is 1. The first-order chi connectivity index (χ1) is 13.8. The Hall–Kier alpha value is -2.22. The van der Waals surface area contributed by atoms with E-state index in [4.69, 9.17) is 4.74 Å². The van der Waals surface area contributed by atoms with Crippen LogP contribution in [0.15, 0.2) is 4.79 Å². The largest absolute Gasteiger partial charge is 0.456 e. The monoisotopic (exact) mass is 419 g/mol. The van der Waals surface area contributed by atoms with E-state index in [9.17, 15) is 14.4 Å². The molecular formula is C21H29N3O4S. The number of carbonyl (C=O) groups excluding carboxylic acids is 2. The summed E-state index contributed by atoms with van der Waals surface area (Å²) in [6, 6.07) is 0.0812. The van der Waals surface area contributed by atoms with Gasteiger partial charge < -0.3 is 14.6 Å². The normalized spacial score (nSPS) is 13.7. The van der Waals surface area contributed by atoms with E-state index in [0.29, 0.717) is 11.2 Å². The third-order valence-electron chi connectivity index (χ3n) is 5.20. The van der Waals surface area contributed by atoms with E-state index in [1.54, 1.807) is 16.2 Å². The first-order valence-electron chi connectivity index (χ1n) is 10.3. The van der Waals surface area contributed by atoms with Crippen molar-refractivity contribution in [3.63, 3.8) is 0 Å². The Morgan fingerprint density at radius 2 is 1.86 bits per heavy atom. The van der Waals surface area contributed by atoms with Gasteiger partial charge in [-0.3, -0.25) is 14.4 Å². The van der Waals surface area contributed by atoms with Gasteiger partial charge in [0.15, 0.2) is 6.61 Å². The van der Waals surface area contributed by atoms with Crippen molar-refractivity contribution in [2.75, 3.05) is 6.61 Å². The number of aromatic amines is 1. The Balaban J connectivity index is 1.60. The summed E-state index contributed by atoms with van der Waals surface area (Å²) in [6.45, 7) is 7.46. The number of carbonyl (C=O) groups is 2. The number of amides is 1. The molecule has 7 nitrogen and oxygen atoms in total. The molecule has 2 heterocycles. The SMILES string of the molecule is CC(C)N(C(=O)COC(=O)CCc1nc2sc3c(c2c(=O)[nH]1)CCCC3)C(C)C. The third kappa shape index (κ3) is 4.86. The maximum absolute atomic E-state index is 12.5. The average molecular weight is 420 g/mol. The molecule has 1 aliphatic rings. The van der Waals surface area contributed by atoms with Crippen molar-refractivity contribution in [1.29, 1.82) is 0 Å². The van der Waals surface area contributed by atoms with Crippen LogP contribution in [-0.2, 0) is 33.6 Å². The van der Waals surface area contributed by atoms with Gasteiger partial charge in [0.2, 0.25) is 0 Å². The number of aromatic nitrogens is 2. The predicted octanol–water partition coefficient (Wildman–Crippen LogP) is 2.98. The van der Waals surface area contributed by atoms with Crippen LogP contribution >= 0.6 is 11.3 Å². The summed E-state index contributed by atoms with van der Waals surface area (Å²) in [4.78, 5) is 48.0. The minimum Gasteiger partial charge on any atom is -0.456 e. The lowest BCUT2D eigenvalue weighted by Gasteiger charge is -2.30. The first-order valence-corrected chi connectivity index (χ1v) is 11.1. The molecule has 0 bridgehead atoms. The standard InChI is InChI=1S/C21H29N3O4S/c1-12(2)24(13(3)4)17(25)11-28-18(26)10-9-16-22-20(27)19-14-7-5-6-8-15(14)29-21(19)23-16/h12-13H,5-11H2,1-4H3,(H,22,23,27). The van der Waals surface area contributed by atoms with E-state index < -0.39 is 5.97 Å². The molecular weight excluding hydrogens is 390 g/mol. The second-order valence-corrected chi connectivity index (χ2v) is 9.14. The molecule has 2 aromatic heterocycles. The van der Waals surface area contributed by atoms with E-state index in [2.05, 4.69) is 9.97 Å². The van der Waals surface area contributed by atoms with Crippen molar-refractivity contribution in [2.45, 2.75) is 78.3 Å². The summed E-state index contributed by atoms with van der Waals surface area (Å²) in [5.41, 5.74) is 1.02. The van der Waals surface area contributed by atoms with Gasteiger partial charge in [0.25, 0.3) is 11.5 Å². The summed E-state index contributed by atoms with van der Waals surface area (Å²) in [7, 11) is 0. The van der Waals surface area contributed by atoms with Gasteiger partial charge in [-0.25, -0.2) is 4.98 Å². The molecule has 2 aromatic rings. The molecule has 1 amide bonds. The molecule has 0 atom stereocenters. The topological polar surface area (TPSA) is 92.4 Å². The molecule has 158 valence electrons. The number of aryl methyl sites for hydroxylation is 3. The molecule has 0 radical (unpaired) electrons. The molecule has 0 aliphatic heterocycles. The highest BCUT2D eigenvalue weighted by molar-refractivity contribution is 7.18. The van der Waals surface area contributed by atoms with Gasteiger partial charge in [-0.05, 0) is 58.9 Å². The summed E-state index contributed by atoms with van der Waals surface area (Å²) in [5, 5.41) is 0.712. The predicted molar refractivity (Wildman–Crippen MR) is 113 cm³/mol. The quantitative estimate of drug-likeness (QED) is 0.697. The summed E-state index contributed by atoms with van der Waals surface area (Å²) in [5.74, 6) is -0.199. The Morgan fingerprint density at radius 3 is 2.55 bits per heavy atom. The smallest absolute Gasteiger partial charge is 0.306 e. The summed E-state index contributed by atoms with van der Waals surface area (Å²) >= 11 is 1.59. The molecule has 0 spiro atoms. The molecule has 1 N–H and O–H groups in total. The van der Waals surface area contributed by atoms with Gasteiger partial charge in [-0.1, -0.05) is 0 Å². The Morgan fingerprint density at radius 1 is 1.17 bits per heavy atom. The van der Waals surface area contributed by atoms with Crippen LogP contribution < -0.4 is 5.56 Å². The van der Waals surface area contributed by atoms with E-state index in [0.717, 1.165) is 36.1 Å². The second kappa shape index (κ2) is 9.07. The van der Waals surface area contributed by atoms with Crippen LogP contribution in [0.5, 0.6) is 0 Å². The number of hydrogen-bond acceptors (Lipinski definition) is 6. The number of H-pyrrole nitrogens is 1. The number of rotatable bonds is 7. The highest BCUT2D eigenvalue weighted by atomic mass is 32.1. The highest BCUT2D eigenvalue weighted by Crippen LogP contribution is 2.33. The fraction of sp³-hybridized carbons (Fsp3) is 0.619. The summed E-state index contributed by atoms with van der Waals surface area (Å²) in [6.07, 6.45) is 4.55. The van der Waals surface area contributed by atoms with Crippen molar-refractivity contribution in [1.82, 2.24) is 14.9 Å². The summed E-state index contributed by atoms with van der Waals surface area (Å²) < 4.78 is 5.14. The van der Waals surface area contributed by atoms with Gasteiger partial charge >= 0.3 is 5.97 Å². The number of thiophene rings is 1. The third-order valence-corrected chi connectivity index (χ3v) is 6.38. The zero-order valence-electron chi connectivity index (χ0n) is 17.5. The van der Waals surface area contributed by atoms with Gasteiger partial charge in [0.1, 0.15) is 10.7 Å². The second-order valence-electron chi connectivity index (χ2n) is 8.05. The molecule has 0 saturated heterocycles. The zero-order chi connectivity index (χ0) is 21.1. The van der Waals surface area contributed by atoms with Crippen LogP contribution in [0.2, 0.25) is 0 Å². The van der Waals surface area contributed by atoms with Gasteiger partial charge in [0.05, 0.1) is 11.8 Å². The fourth-order valence-corrected chi connectivity index (χ4v) is 5.29. The Labute approximate surface area is 174 Å². The van der Waals surface area contributed by atoms with Gasteiger partial charge in [0, 0.05) is 23.4 Å². The maximum Gasteiger partial charge on any atom is 0.306 e. The van der Waals surface area contributed by atoms with Crippen molar-refractivity contribution in [3.8, 4) is 0 Å². The Bertz CT molecular complexity index is 953. The van der Waals surface area contributed by atoms with Crippen LogP contribution in [0.25, 0.3) is 10.2 Å². The minimum atomic E-state index is -0.473. The van der Waals surface area contributed by atoms with E-state index in [-0.39, 0.29) is 43.0 Å². The number of fused-ring (bicyclic) bond motifs is 3. The molecule has 8 heteroatoms. The maximum atomic E-state index is 12.5. The molecule has 3 rings (SSSR count). The molecule has 0 aromatic carbocycles. The van der Waals surface area contributed by atoms with Crippen LogP contribution in [0.1, 0.15) is 63.2 Å². The average Bonchev–Trinajstić information content (AvgIpc) is 3.03. The van der Waals surface area contributed by atoms with Crippen LogP contribution in [-0.4, -0.2) is 45.4 Å². The van der Waals surface area contributed by atoms with Crippen LogP contribution in [0, 0.1) is 0 Å². The number of nitrogens with zero attached hydrogens (tertiary/aromatic N) is 2. The van der Waals surface area contributed by atoms with Crippen molar-refractivity contribution in [3.05, 3.63) is 26.6 Å². The molecule has 1 aliphatic carbocycles. The molecule has 0 saturated carbocycles. The lowest BCUT2D eigenvalue weighted by Crippen LogP contribution is -2.44. The number of ether oxygens (including phenoxy) is 1.